The molecule has 1 heterocycles. The van der Waals surface area contributed by atoms with Gasteiger partial charge in [-0.3, -0.25) is 4.79 Å². The van der Waals surface area contributed by atoms with Crippen molar-refractivity contribution in [3.05, 3.63) is 53.1 Å². The van der Waals surface area contributed by atoms with Crippen LogP contribution in [-0.2, 0) is 0 Å². The van der Waals surface area contributed by atoms with Crippen molar-refractivity contribution >= 4 is 17.5 Å². The third-order valence-corrected chi connectivity index (χ3v) is 3.43. The van der Waals surface area contributed by atoms with E-state index >= 15 is 0 Å². The molecule has 2 aromatic carbocycles. The van der Waals surface area contributed by atoms with Crippen LogP contribution in [0, 0.1) is 0 Å². The van der Waals surface area contributed by atoms with Crippen LogP contribution >= 0.6 is 11.6 Å². The molecule has 2 aromatic rings. The van der Waals surface area contributed by atoms with Crippen molar-refractivity contribution in [2.75, 3.05) is 19.9 Å². The number of benzene rings is 2. The number of carbonyl (C=O) groups excluding carboxylic acids is 1. The first kappa shape index (κ1) is 14.5. The highest BCUT2D eigenvalue weighted by Gasteiger charge is 2.15. The first-order chi connectivity index (χ1) is 10.7. The standard InChI is InChI=1S/C16H14ClNO4/c17-12-3-1-2-4-13(12)20-8-7-18-16(19)11-5-6-14-15(9-11)22-10-21-14/h1-6,9H,7-8,10H2,(H,18,19). The molecular weight excluding hydrogens is 306 g/mol. The Morgan fingerprint density at radius 1 is 1.18 bits per heavy atom. The Labute approximate surface area is 132 Å². The van der Waals surface area contributed by atoms with Gasteiger partial charge in [0, 0.05) is 5.56 Å². The van der Waals surface area contributed by atoms with Gasteiger partial charge in [-0.2, -0.15) is 0 Å². The van der Waals surface area contributed by atoms with Crippen LogP contribution in [0.15, 0.2) is 42.5 Å². The van der Waals surface area contributed by atoms with Gasteiger partial charge in [0.25, 0.3) is 5.91 Å². The largest absolute Gasteiger partial charge is 0.490 e. The van der Waals surface area contributed by atoms with Crippen LogP contribution in [0.5, 0.6) is 17.2 Å². The number of halogens is 1. The molecule has 22 heavy (non-hydrogen) atoms. The van der Waals surface area contributed by atoms with Crippen molar-refractivity contribution in [1.29, 1.82) is 0 Å². The van der Waals surface area contributed by atoms with Crippen molar-refractivity contribution < 1.29 is 19.0 Å². The summed E-state index contributed by atoms with van der Waals surface area (Å²) in [5.74, 6) is 1.64. The van der Waals surface area contributed by atoms with E-state index in [2.05, 4.69) is 5.32 Å². The van der Waals surface area contributed by atoms with Crippen molar-refractivity contribution in [3.63, 3.8) is 0 Å². The summed E-state index contributed by atoms with van der Waals surface area (Å²) in [4.78, 5) is 12.0. The third-order valence-electron chi connectivity index (χ3n) is 3.12. The summed E-state index contributed by atoms with van der Waals surface area (Å²) in [7, 11) is 0. The Morgan fingerprint density at radius 2 is 2.00 bits per heavy atom. The molecule has 1 aliphatic rings. The molecule has 1 N–H and O–H groups in total. The Balaban J connectivity index is 1.49. The van der Waals surface area contributed by atoms with Gasteiger partial charge in [-0.25, -0.2) is 0 Å². The molecule has 0 radical (unpaired) electrons. The monoisotopic (exact) mass is 319 g/mol. The highest BCUT2D eigenvalue weighted by atomic mass is 35.5. The van der Waals surface area contributed by atoms with Crippen LogP contribution in [0.25, 0.3) is 0 Å². The fourth-order valence-electron chi connectivity index (χ4n) is 2.03. The number of hydrogen-bond acceptors (Lipinski definition) is 4. The Hall–Kier alpha value is -2.40. The zero-order chi connectivity index (χ0) is 15.4. The predicted octanol–water partition coefficient (Wildman–Crippen LogP) is 2.88. The van der Waals surface area contributed by atoms with Gasteiger partial charge in [-0.05, 0) is 30.3 Å². The van der Waals surface area contributed by atoms with E-state index in [-0.39, 0.29) is 12.7 Å². The minimum Gasteiger partial charge on any atom is -0.490 e. The summed E-state index contributed by atoms with van der Waals surface area (Å²) in [5, 5.41) is 3.32. The number of rotatable bonds is 5. The fraction of sp³-hybridized carbons (Fsp3) is 0.188. The second kappa shape index (κ2) is 6.58. The second-order valence-corrected chi connectivity index (χ2v) is 5.01. The summed E-state index contributed by atoms with van der Waals surface area (Å²) in [6.45, 7) is 0.893. The van der Waals surface area contributed by atoms with Gasteiger partial charge in [0.1, 0.15) is 12.4 Å². The van der Waals surface area contributed by atoms with Crippen molar-refractivity contribution in [2.24, 2.45) is 0 Å². The number of carbonyl (C=O) groups is 1. The lowest BCUT2D eigenvalue weighted by molar-refractivity contribution is 0.0946. The van der Waals surface area contributed by atoms with Crippen molar-refractivity contribution in [2.45, 2.75) is 0 Å². The Morgan fingerprint density at radius 3 is 2.86 bits per heavy atom. The number of amides is 1. The van der Waals surface area contributed by atoms with E-state index in [0.717, 1.165) is 0 Å². The third kappa shape index (κ3) is 3.26. The van der Waals surface area contributed by atoms with Gasteiger partial charge in [0.2, 0.25) is 6.79 Å². The number of nitrogens with one attached hydrogen (secondary N) is 1. The van der Waals surface area contributed by atoms with E-state index in [1.807, 2.05) is 12.1 Å². The lowest BCUT2D eigenvalue weighted by Gasteiger charge is -2.09. The normalized spacial score (nSPS) is 12.0. The molecule has 1 amide bonds. The molecule has 0 aromatic heterocycles. The SMILES string of the molecule is O=C(NCCOc1ccccc1Cl)c1ccc2c(c1)OCO2. The fourth-order valence-corrected chi connectivity index (χ4v) is 2.22. The van der Waals surface area contributed by atoms with E-state index in [9.17, 15) is 4.79 Å². The Kier molecular flexibility index (Phi) is 4.34. The number of hydrogen-bond donors (Lipinski definition) is 1. The number of para-hydroxylation sites is 1. The molecular formula is C16H14ClNO4. The van der Waals surface area contributed by atoms with Gasteiger partial charge in [0.05, 0.1) is 11.6 Å². The first-order valence-electron chi connectivity index (χ1n) is 6.79. The molecule has 0 saturated heterocycles. The average molecular weight is 320 g/mol. The smallest absolute Gasteiger partial charge is 0.251 e. The average Bonchev–Trinajstić information content (AvgIpc) is 3.00. The van der Waals surface area contributed by atoms with Crippen LogP contribution in [-0.4, -0.2) is 25.9 Å². The van der Waals surface area contributed by atoms with Crippen LogP contribution in [0.4, 0.5) is 0 Å². The molecule has 114 valence electrons. The minimum atomic E-state index is -0.193. The summed E-state index contributed by atoms with van der Waals surface area (Å²) in [6, 6.07) is 12.3. The van der Waals surface area contributed by atoms with Crippen LogP contribution in [0.2, 0.25) is 5.02 Å². The molecule has 0 fully saturated rings. The molecule has 0 atom stereocenters. The maximum absolute atomic E-state index is 12.0. The van der Waals surface area contributed by atoms with E-state index in [1.54, 1.807) is 30.3 Å². The van der Waals surface area contributed by atoms with Crippen LogP contribution in [0.1, 0.15) is 10.4 Å². The molecule has 0 bridgehead atoms. The maximum Gasteiger partial charge on any atom is 0.251 e. The summed E-state index contributed by atoms with van der Waals surface area (Å²) in [5.41, 5.74) is 0.516. The quantitative estimate of drug-likeness (QED) is 0.861. The lowest BCUT2D eigenvalue weighted by Crippen LogP contribution is -2.28. The van der Waals surface area contributed by atoms with E-state index in [4.69, 9.17) is 25.8 Å². The maximum atomic E-state index is 12.0. The first-order valence-corrected chi connectivity index (χ1v) is 7.17. The Bertz CT molecular complexity index is 690. The molecule has 0 saturated carbocycles. The van der Waals surface area contributed by atoms with Crippen LogP contribution < -0.4 is 19.5 Å². The van der Waals surface area contributed by atoms with Gasteiger partial charge in [-0.1, -0.05) is 23.7 Å². The number of fused-ring (bicyclic) bond motifs is 1. The van der Waals surface area contributed by atoms with Gasteiger partial charge in [-0.15, -0.1) is 0 Å². The van der Waals surface area contributed by atoms with Gasteiger partial charge in [0.15, 0.2) is 11.5 Å². The molecule has 0 spiro atoms. The minimum absolute atomic E-state index is 0.187. The molecule has 0 unspecified atom stereocenters. The van der Waals surface area contributed by atoms with Crippen LogP contribution in [0.3, 0.4) is 0 Å². The second-order valence-electron chi connectivity index (χ2n) is 4.60. The zero-order valence-corrected chi connectivity index (χ0v) is 12.4. The van der Waals surface area contributed by atoms with Gasteiger partial charge < -0.3 is 19.5 Å². The highest BCUT2D eigenvalue weighted by Crippen LogP contribution is 2.32. The molecule has 6 heteroatoms. The van der Waals surface area contributed by atoms with E-state index < -0.39 is 0 Å². The molecule has 3 rings (SSSR count). The predicted molar refractivity (Wildman–Crippen MR) is 81.8 cm³/mol. The van der Waals surface area contributed by atoms with Gasteiger partial charge >= 0.3 is 0 Å². The van der Waals surface area contributed by atoms with Crippen molar-refractivity contribution in [1.82, 2.24) is 5.32 Å². The topological polar surface area (TPSA) is 56.8 Å². The lowest BCUT2D eigenvalue weighted by atomic mass is 10.2. The summed E-state index contributed by atoms with van der Waals surface area (Å²) >= 11 is 5.98. The van der Waals surface area contributed by atoms with E-state index in [1.165, 1.54) is 0 Å². The molecule has 5 nitrogen and oxygen atoms in total. The van der Waals surface area contributed by atoms with Crippen molar-refractivity contribution in [3.8, 4) is 17.2 Å². The highest BCUT2D eigenvalue weighted by molar-refractivity contribution is 6.32. The van der Waals surface area contributed by atoms with E-state index in [0.29, 0.717) is 41.0 Å². The molecule has 1 aliphatic heterocycles. The molecule has 0 aliphatic carbocycles. The summed E-state index contributed by atoms with van der Waals surface area (Å²) in [6.07, 6.45) is 0. The summed E-state index contributed by atoms with van der Waals surface area (Å²) < 4.78 is 16.0. The zero-order valence-electron chi connectivity index (χ0n) is 11.7. The number of ether oxygens (including phenoxy) is 3.